The van der Waals surface area contributed by atoms with E-state index in [-0.39, 0.29) is 12.6 Å². The van der Waals surface area contributed by atoms with Gasteiger partial charge in [-0.2, -0.15) is 5.10 Å². The molecule has 0 fully saturated rings. The number of fused-ring (bicyclic) bond motifs is 2. The highest BCUT2D eigenvalue weighted by Crippen LogP contribution is 2.36. The zero-order valence-electron chi connectivity index (χ0n) is 19.5. The first-order valence-corrected chi connectivity index (χ1v) is 11.5. The molecule has 1 aliphatic rings. The Morgan fingerprint density at radius 2 is 2.15 bits per heavy atom. The van der Waals surface area contributed by atoms with E-state index >= 15 is 0 Å². The van der Waals surface area contributed by atoms with Crippen LogP contribution in [-0.4, -0.2) is 44.6 Å². The Balaban J connectivity index is 1.61. The molecule has 0 radical (unpaired) electrons. The summed E-state index contributed by atoms with van der Waals surface area (Å²) in [6.07, 6.45) is 7.34. The number of amides is 1. The lowest BCUT2D eigenvalue weighted by Gasteiger charge is -2.23. The molecule has 0 aliphatic carbocycles. The fourth-order valence-electron chi connectivity index (χ4n) is 4.10. The number of nitrogens with zero attached hydrogens (tertiary/aromatic N) is 3. The standard InChI is InChI=1S/C25H32N4O4/c1-25(2,3)33-24(31)28-20-8-6-12-32-22-14-18(9-10-19(20)22)23-21-13-17(7-4-5-11-30)15-29(21)27-16-26-23/h9-10,13-16,20,30H,4-8,11-12H2,1-3H3,(H,28,31). The van der Waals surface area contributed by atoms with Gasteiger partial charge in [0.25, 0.3) is 0 Å². The third-order valence-electron chi connectivity index (χ3n) is 5.58. The Hall–Kier alpha value is -3.13. The molecular formula is C25H32N4O4. The van der Waals surface area contributed by atoms with E-state index in [4.69, 9.17) is 14.6 Å². The molecule has 3 heterocycles. The Morgan fingerprint density at radius 1 is 1.30 bits per heavy atom. The van der Waals surface area contributed by atoms with E-state index in [1.165, 1.54) is 0 Å². The number of aliphatic hydroxyl groups excluding tert-OH is 1. The highest BCUT2D eigenvalue weighted by atomic mass is 16.6. The SMILES string of the molecule is CC(C)(C)OC(=O)NC1CCCOc2cc(-c3ncnn4cc(CCCCO)cc34)ccc21. The molecule has 0 bridgehead atoms. The second kappa shape index (κ2) is 9.79. The second-order valence-electron chi connectivity index (χ2n) is 9.41. The number of aromatic nitrogens is 3. The minimum atomic E-state index is -0.551. The molecule has 1 atom stereocenters. The first kappa shape index (κ1) is 23.0. The normalized spacial score (nSPS) is 16.1. The number of carbonyl (C=O) groups is 1. The van der Waals surface area contributed by atoms with Crippen LogP contribution in [0.3, 0.4) is 0 Å². The maximum Gasteiger partial charge on any atom is 0.408 e. The van der Waals surface area contributed by atoms with Crippen LogP contribution in [-0.2, 0) is 11.2 Å². The van der Waals surface area contributed by atoms with E-state index < -0.39 is 11.7 Å². The lowest BCUT2D eigenvalue weighted by atomic mass is 9.99. The Bertz CT molecular complexity index is 1120. The monoisotopic (exact) mass is 452 g/mol. The van der Waals surface area contributed by atoms with Gasteiger partial charge in [0.15, 0.2) is 0 Å². The summed E-state index contributed by atoms with van der Waals surface area (Å²) >= 11 is 0. The van der Waals surface area contributed by atoms with Crippen molar-refractivity contribution >= 4 is 11.6 Å². The molecule has 1 amide bonds. The molecule has 176 valence electrons. The smallest absolute Gasteiger partial charge is 0.408 e. The molecule has 1 unspecified atom stereocenters. The van der Waals surface area contributed by atoms with Gasteiger partial charge in [-0.05, 0) is 70.6 Å². The minimum absolute atomic E-state index is 0.178. The summed E-state index contributed by atoms with van der Waals surface area (Å²) in [6.45, 7) is 6.35. The molecule has 0 spiro atoms. The summed E-state index contributed by atoms with van der Waals surface area (Å²) in [5.41, 5.74) is 4.23. The van der Waals surface area contributed by atoms with Gasteiger partial charge in [0.2, 0.25) is 0 Å². The number of hydrogen-bond donors (Lipinski definition) is 2. The van der Waals surface area contributed by atoms with Gasteiger partial charge < -0.3 is 19.9 Å². The van der Waals surface area contributed by atoms with Crippen LogP contribution in [0.2, 0.25) is 0 Å². The first-order valence-electron chi connectivity index (χ1n) is 11.5. The van der Waals surface area contributed by atoms with Gasteiger partial charge in [-0.15, -0.1) is 0 Å². The summed E-state index contributed by atoms with van der Waals surface area (Å²) in [7, 11) is 0. The highest BCUT2D eigenvalue weighted by molar-refractivity contribution is 5.78. The molecule has 0 saturated heterocycles. The number of aliphatic hydroxyl groups is 1. The average molecular weight is 453 g/mol. The minimum Gasteiger partial charge on any atom is -0.493 e. The van der Waals surface area contributed by atoms with E-state index in [0.717, 1.165) is 65.8 Å². The van der Waals surface area contributed by atoms with Crippen molar-refractivity contribution in [2.45, 2.75) is 64.5 Å². The van der Waals surface area contributed by atoms with Gasteiger partial charge in [0.1, 0.15) is 17.7 Å². The molecule has 1 aliphatic heterocycles. The maximum absolute atomic E-state index is 12.4. The second-order valence-corrected chi connectivity index (χ2v) is 9.41. The van der Waals surface area contributed by atoms with Crippen molar-refractivity contribution in [2.75, 3.05) is 13.2 Å². The predicted octanol–water partition coefficient (Wildman–Crippen LogP) is 4.45. The van der Waals surface area contributed by atoms with Crippen LogP contribution in [0.25, 0.3) is 16.8 Å². The molecule has 0 saturated carbocycles. The molecule has 4 rings (SSSR count). The summed E-state index contributed by atoms with van der Waals surface area (Å²) < 4.78 is 13.3. The van der Waals surface area contributed by atoms with E-state index in [9.17, 15) is 4.79 Å². The van der Waals surface area contributed by atoms with Crippen LogP contribution >= 0.6 is 0 Å². The Kier molecular flexibility index (Phi) is 6.83. The molecule has 2 aromatic heterocycles. The molecule has 8 nitrogen and oxygen atoms in total. The van der Waals surface area contributed by atoms with Crippen molar-refractivity contribution < 1.29 is 19.4 Å². The fourth-order valence-corrected chi connectivity index (χ4v) is 4.10. The summed E-state index contributed by atoms with van der Waals surface area (Å²) in [5.74, 6) is 0.748. The number of rotatable bonds is 6. The predicted molar refractivity (Wildman–Crippen MR) is 125 cm³/mol. The van der Waals surface area contributed by atoms with Gasteiger partial charge >= 0.3 is 6.09 Å². The van der Waals surface area contributed by atoms with E-state index in [1.807, 2.05) is 49.7 Å². The molecule has 8 heteroatoms. The number of carbonyl (C=O) groups excluding carboxylic acids is 1. The van der Waals surface area contributed by atoms with Crippen molar-refractivity contribution in [1.82, 2.24) is 19.9 Å². The van der Waals surface area contributed by atoms with Gasteiger partial charge in [0, 0.05) is 23.9 Å². The van der Waals surface area contributed by atoms with Gasteiger partial charge in [0.05, 0.1) is 23.9 Å². The van der Waals surface area contributed by atoms with Crippen LogP contribution in [0.5, 0.6) is 5.75 Å². The van der Waals surface area contributed by atoms with Crippen molar-refractivity contribution in [1.29, 1.82) is 0 Å². The third kappa shape index (κ3) is 5.63. The first-order chi connectivity index (χ1) is 15.8. The molecule has 33 heavy (non-hydrogen) atoms. The van der Waals surface area contributed by atoms with Crippen molar-refractivity contribution in [3.8, 4) is 17.0 Å². The van der Waals surface area contributed by atoms with Crippen LogP contribution < -0.4 is 10.1 Å². The van der Waals surface area contributed by atoms with E-state index in [2.05, 4.69) is 21.5 Å². The molecule has 1 aromatic carbocycles. The van der Waals surface area contributed by atoms with Gasteiger partial charge in [-0.1, -0.05) is 12.1 Å². The Morgan fingerprint density at radius 3 is 2.94 bits per heavy atom. The summed E-state index contributed by atoms with van der Waals surface area (Å²) in [5, 5.41) is 16.4. The summed E-state index contributed by atoms with van der Waals surface area (Å²) in [4.78, 5) is 16.9. The topological polar surface area (TPSA) is 98.0 Å². The van der Waals surface area contributed by atoms with Crippen LogP contribution in [0.1, 0.15) is 63.6 Å². The van der Waals surface area contributed by atoms with Gasteiger partial charge in [-0.3, -0.25) is 0 Å². The largest absolute Gasteiger partial charge is 0.493 e. The van der Waals surface area contributed by atoms with E-state index in [0.29, 0.717) is 6.61 Å². The number of ether oxygens (including phenoxy) is 2. The lowest BCUT2D eigenvalue weighted by molar-refractivity contribution is 0.0501. The van der Waals surface area contributed by atoms with E-state index in [1.54, 1.807) is 6.33 Å². The zero-order chi connectivity index (χ0) is 23.4. The van der Waals surface area contributed by atoms with Crippen molar-refractivity contribution in [2.24, 2.45) is 0 Å². The number of aryl methyl sites for hydroxylation is 1. The summed E-state index contributed by atoms with van der Waals surface area (Å²) in [6, 6.07) is 7.93. The average Bonchev–Trinajstić information content (AvgIpc) is 3.07. The van der Waals surface area contributed by atoms with Crippen molar-refractivity contribution in [3.63, 3.8) is 0 Å². The maximum atomic E-state index is 12.4. The van der Waals surface area contributed by atoms with Crippen LogP contribution in [0.4, 0.5) is 4.79 Å². The zero-order valence-corrected chi connectivity index (χ0v) is 19.5. The van der Waals surface area contributed by atoms with Crippen LogP contribution in [0, 0.1) is 0 Å². The quantitative estimate of drug-likeness (QED) is 0.536. The lowest BCUT2D eigenvalue weighted by Crippen LogP contribution is -2.34. The fraction of sp³-hybridized carbons (Fsp3) is 0.480. The number of nitrogens with one attached hydrogen (secondary N) is 1. The van der Waals surface area contributed by atoms with Gasteiger partial charge in [-0.25, -0.2) is 14.3 Å². The van der Waals surface area contributed by atoms with Crippen LogP contribution in [0.15, 0.2) is 36.8 Å². The molecular weight excluding hydrogens is 420 g/mol. The number of unbranched alkanes of at least 4 members (excludes halogenated alkanes) is 1. The molecule has 3 aromatic rings. The number of hydrogen-bond acceptors (Lipinski definition) is 6. The highest BCUT2D eigenvalue weighted by Gasteiger charge is 2.25. The third-order valence-corrected chi connectivity index (χ3v) is 5.58. The molecule has 2 N–H and O–H groups in total. The van der Waals surface area contributed by atoms with Crippen molar-refractivity contribution in [3.05, 3.63) is 47.9 Å². The number of alkyl carbamates (subject to hydrolysis) is 1. The number of benzene rings is 1. The Labute approximate surface area is 193 Å².